The summed E-state index contributed by atoms with van der Waals surface area (Å²) in [6.45, 7) is 11.2. The molecule has 0 amide bonds. The molecule has 0 atom stereocenters. The van der Waals surface area contributed by atoms with Gasteiger partial charge in [-0.1, -0.05) is 215 Å². The number of aromatic hydroxyl groups is 10. The third kappa shape index (κ3) is 29.2. The largest absolute Gasteiger partial charge is 0.508 e. The molecule has 0 aliphatic carbocycles. The summed E-state index contributed by atoms with van der Waals surface area (Å²) in [7, 11) is -36.1. The standard InChI is InChI=1S/C27H33NO6S2.C25H37NO6S2.C21H29NO6S2.C20H19NO8S2/c1-3-5-6-7-9-22-10-14-23(15-11-22)28(36(33,34)25-18-19-26(29)27(30)20-25)35(31,32)24-16-12-21(8-4-2)13-17-24;1-3-5-7-8-9-11-19-26(34(31,32)23-17-18-24(27)25(28)20-23)33(29,30)22-15-13-21(14-16-22)12-10-6-4-2;1-3-4-5-6-7-8-15-22(29(25,26)19-13-10-18(23)11-14-19)30(27,28)20-12-9-17(2)21(24)16-20;22-17-8-6-14(12-19(17)24)10-11-21(30(26,27)15-4-2-1-3-5-15)31(28,29)16-7-9-18(23)20(25)13-16/h10-20,29-30H,3-9H2,1-2H3;13-18,20,27-28H,3-12,19H2,1-2H3;9-14,16,23-24H,3-8,15H2,1-2H3;1-9,12-13,22-25H,10-11H2. The van der Waals surface area contributed by atoms with Crippen LogP contribution in [0.25, 0.3) is 0 Å². The second-order valence-electron chi connectivity index (χ2n) is 31.0. The molecule has 0 saturated carbocycles. The lowest BCUT2D eigenvalue weighted by Crippen LogP contribution is -2.38. The van der Waals surface area contributed by atoms with Gasteiger partial charge in [0.15, 0.2) is 46.0 Å². The van der Waals surface area contributed by atoms with Crippen LogP contribution in [0.2, 0.25) is 0 Å². The summed E-state index contributed by atoms with van der Waals surface area (Å²) in [6, 6.07) is 46.8. The van der Waals surface area contributed by atoms with Crippen LogP contribution in [0, 0.1) is 6.92 Å². The average Bonchev–Trinajstić information content (AvgIpc) is 0.804. The maximum Gasteiger partial charge on any atom is 0.277 e. The molecule has 0 aromatic heterocycles. The molecule has 30 nitrogen and oxygen atoms in total. The fraction of sp³-hybridized carbons (Fsp3) is 0.355. The summed E-state index contributed by atoms with van der Waals surface area (Å²) in [4.78, 5) is -2.43. The summed E-state index contributed by atoms with van der Waals surface area (Å²) in [5.74, 6) is -4.72. The molecular weight excluding hydrogens is 1850 g/mol. The molecule has 10 aromatic carbocycles. The zero-order chi connectivity index (χ0) is 96.7. The van der Waals surface area contributed by atoms with Crippen molar-refractivity contribution >= 4 is 85.9 Å². The lowest BCUT2D eigenvalue weighted by Gasteiger charge is -2.24. The molecule has 10 N–H and O–H groups in total. The van der Waals surface area contributed by atoms with E-state index < -0.39 is 142 Å². The van der Waals surface area contributed by atoms with Crippen molar-refractivity contribution in [3.63, 3.8) is 0 Å². The maximum atomic E-state index is 13.7. The first kappa shape index (κ1) is 108. The number of nitrogens with zero attached hydrogens (tertiary/aromatic N) is 4. The number of hydrogen-bond donors (Lipinski definition) is 10. The third-order valence-electron chi connectivity index (χ3n) is 21.0. The summed E-state index contributed by atoms with van der Waals surface area (Å²) in [5, 5.41) is 96.5. The molecule has 0 aliphatic heterocycles. The molecular formula is C93H118N4O26S8. The van der Waals surface area contributed by atoms with Crippen LogP contribution in [-0.2, 0) is 106 Å². The molecule has 38 heteroatoms. The van der Waals surface area contributed by atoms with Gasteiger partial charge < -0.3 is 51.1 Å². The Balaban J connectivity index is 0.000000239. The van der Waals surface area contributed by atoms with Gasteiger partial charge in [-0.15, -0.1) is 0 Å². The molecule has 0 heterocycles. The topological polar surface area (TPSA) is 488 Å². The fourth-order valence-electron chi connectivity index (χ4n) is 13.4. The Kier molecular flexibility index (Phi) is 40.4. The number of hydrogen-bond acceptors (Lipinski definition) is 26. The van der Waals surface area contributed by atoms with Gasteiger partial charge in [0, 0.05) is 43.9 Å². The number of anilines is 1. The highest BCUT2D eigenvalue weighted by molar-refractivity contribution is 8.10. The fourth-order valence-corrected chi connectivity index (χ4v) is 28.3. The molecule has 0 unspecified atom stereocenters. The van der Waals surface area contributed by atoms with E-state index in [1.807, 2.05) is 6.92 Å². The highest BCUT2D eigenvalue weighted by Gasteiger charge is 2.42. The number of unbranched alkanes of at least 4 members (excludes halogenated alkanes) is 15. The minimum absolute atomic E-state index is 0.0440. The predicted molar refractivity (Wildman–Crippen MR) is 501 cm³/mol. The van der Waals surface area contributed by atoms with Gasteiger partial charge in [-0.25, -0.2) is 67.3 Å². The van der Waals surface area contributed by atoms with Crippen LogP contribution in [0.1, 0.15) is 191 Å². The second-order valence-corrected chi connectivity index (χ2v) is 46.7. The molecule has 0 bridgehead atoms. The Bertz CT molecular complexity index is 6380. The Morgan fingerprint density at radius 1 is 0.214 bits per heavy atom. The van der Waals surface area contributed by atoms with E-state index in [1.54, 1.807) is 49.4 Å². The van der Waals surface area contributed by atoms with Crippen LogP contribution in [0.4, 0.5) is 5.69 Å². The first-order valence-corrected chi connectivity index (χ1v) is 54.5. The Morgan fingerprint density at radius 2 is 0.489 bits per heavy atom. The molecule has 131 heavy (non-hydrogen) atoms. The first-order valence-electron chi connectivity index (χ1n) is 43.0. The lowest BCUT2D eigenvalue weighted by atomic mass is 10.1. The normalized spacial score (nSPS) is 12.2. The summed E-state index contributed by atoms with van der Waals surface area (Å²) in [5.41, 5.74) is 3.75. The van der Waals surface area contributed by atoms with E-state index in [2.05, 4.69) is 27.7 Å². The number of aryl methyl sites for hydroxylation is 4. The number of phenolic OH excluding ortho intramolecular Hbond substituents is 10. The number of benzene rings is 10. The molecule has 0 aliphatic rings. The van der Waals surface area contributed by atoms with E-state index in [-0.39, 0.29) is 66.9 Å². The van der Waals surface area contributed by atoms with Gasteiger partial charge in [-0.3, -0.25) is 0 Å². The lowest BCUT2D eigenvalue weighted by molar-refractivity contribution is 0.402. The third-order valence-corrected chi connectivity index (χ3v) is 38.1. The number of phenols is 10. The van der Waals surface area contributed by atoms with Gasteiger partial charge >= 0.3 is 0 Å². The van der Waals surface area contributed by atoms with E-state index in [1.165, 1.54) is 115 Å². The second kappa shape index (κ2) is 49.3. The van der Waals surface area contributed by atoms with Gasteiger partial charge in [0.1, 0.15) is 11.5 Å². The number of rotatable bonds is 45. The van der Waals surface area contributed by atoms with Gasteiger partial charge in [-0.2, -0.15) is 3.71 Å². The molecule has 0 spiro atoms. The van der Waals surface area contributed by atoms with Crippen LogP contribution in [0.15, 0.2) is 258 Å². The van der Waals surface area contributed by atoms with Crippen molar-refractivity contribution in [2.45, 2.75) is 235 Å². The van der Waals surface area contributed by atoms with Crippen molar-refractivity contribution in [2.75, 3.05) is 23.3 Å². The van der Waals surface area contributed by atoms with Crippen molar-refractivity contribution in [1.82, 2.24) is 11.1 Å². The van der Waals surface area contributed by atoms with Gasteiger partial charge in [-0.05, 0) is 214 Å². The van der Waals surface area contributed by atoms with Gasteiger partial charge in [0.05, 0.1) is 44.9 Å². The van der Waals surface area contributed by atoms with Crippen LogP contribution < -0.4 is 3.71 Å². The van der Waals surface area contributed by atoms with E-state index in [4.69, 9.17) is 0 Å². The summed E-state index contributed by atoms with van der Waals surface area (Å²) < 4.78 is 216. The Hall–Kier alpha value is -10.5. The Morgan fingerprint density at radius 3 is 0.878 bits per heavy atom. The van der Waals surface area contributed by atoms with Crippen molar-refractivity contribution < 1.29 is 118 Å². The van der Waals surface area contributed by atoms with E-state index >= 15 is 0 Å². The van der Waals surface area contributed by atoms with Crippen LogP contribution in [0.3, 0.4) is 0 Å². The first-order chi connectivity index (χ1) is 61.9. The minimum Gasteiger partial charge on any atom is -0.508 e. The minimum atomic E-state index is -4.68. The van der Waals surface area contributed by atoms with Crippen LogP contribution in [-0.4, -0.2) is 149 Å². The monoisotopic (exact) mass is 1960 g/mol. The van der Waals surface area contributed by atoms with Crippen LogP contribution in [0.5, 0.6) is 57.5 Å². The molecule has 10 rings (SSSR count). The molecule has 0 saturated heterocycles. The summed E-state index contributed by atoms with van der Waals surface area (Å²) >= 11 is 0. The summed E-state index contributed by atoms with van der Waals surface area (Å²) in [6.07, 6.45) is 21.0. The smallest absolute Gasteiger partial charge is 0.277 e. The zero-order valence-electron chi connectivity index (χ0n) is 73.9. The molecule has 10 aromatic rings. The molecule has 0 radical (unpaired) electrons. The van der Waals surface area contributed by atoms with Crippen LogP contribution >= 0.6 is 0 Å². The Labute approximate surface area is 771 Å². The molecule has 714 valence electrons. The van der Waals surface area contributed by atoms with Gasteiger partial charge in [0.25, 0.3) is 80.2 Å². The highest BCUT2D eigenvalue weighted by atomic mass is 32.3. The van der Waals surface area contributed by atoms with Crippen molar-refractivity contribution in [1.29, 1.82) is 0 Å². The van der Waals surface area contributed by atoms with Crippen molar-refractivity contribution in [2.24, 2.45) is 0 Å². The van der Waals surface area contributed by atoms with E-state index in [0.29, 0.717) is 51.7 Å². The molecule has 0 fully saturated rings. The average molecular weight is 1960 g/mol. The quantitative estimate of drug-likeness (QED) is 0.0125. The highest BCUT2D eigenvalue weighted by Crippen LogP contribution is 2.39. The van der Waals surface area contributed by atoms with E-state index in [0.717, 1.165) is 199 Å². The maximum absolute atomic E-state index is 13.7. The van der Waals surface area contributed by atoms with Crippen molar-refractivity contribution in [3.8, 4) is 57.5 Å². The van der Waals surface area contributed by atoms with Crippen molar-refractivity contribution in [3.05, 3.63) is 246 Å². The number of sulfonamides is 8. The predicted octanol–water partition coefficient (Wildman–Crippen LogP) is 17.6. The van der Waals surface area contributed by atoms with E-state index in [9.17, 15) is 118 Å². The zero-order valence-corrected chi connectivity index (χ0v) is 80.5. The van der Waals surface area contributed by atoms with Gasteiger partial charge in [0.2, 0.25) is 0 Å². The SMILES string of the molecule is CCCCCCCCN(S(=O)(=O)c1ccc(CCCCC)cc1)S(=O)(=O)c1ccc(O)c(O)c1.CCCCCCCCN(S(=O)(=O)c1ccc(O)cc1)S(=O)(=O)c1ccc(C)c(O)c1.CCCCCCc1ccc(N(S(=O)(=O)c2ccc(CCC)cc2)S(=O)(=O)c2ccc(O)c(O)c2)cc1.O=S(=O)(c1ccccc1)N(CCc1ccc(O)c(O)c1)S(=O)(=O)c1ccc(O)c(O)c1.